The van der Waals surface area contributed by atoms with Crippen molar-refractivity contribution < 1.29 is 0 Å². The monoisotopic (exact) mass is 283 g/mol. The molecule has 0 aromatic heterocycles. The number of fused-ring (bicyclic) bond motifs is 1. The lowest BCUT2D eigenvalue weighted by Crippen LogP contribution is -2.31. The summed E-state index contributed by atoms with van der Waals surface area (Å²) in [5, 5.41) is 6.58. The summed E-state index contributed by atoms with van der Waals surface area (Å²) in [5.41, 5.74) is 1.42. The molecule has 0 aliphatic carbocycles. The van der Waals surface area contributed by atoms with Crippen molar-refractivity contribution in [1.82, 2.24) is 5.32 Å². The maximum atomic E-state index is 3.86. The van der Waals surface area contributed by atoms with Gasteiger partial charge in [0.25, 0.3) is 0 Å². The van der Waals surface area contributed by atoms with Crippen LogP contribution < -0.4 is 5.32 Å². The molecule has 0 fully saturated rings. The van der Waals surface area contributed by atoms with Crippen LogP contribution in [0.3, 0.4) is 0 Å². The quantitative estimate of drug-likeness (QED) is 0.641. The zero-order chi connectivity index (χ0) is 15.1. The first-order valence-electron chi connectivity index (χ1n) is 8.50. The molecule has 2 unspecified atom stereocenters. The Morgan fingerprint density at radius 2 is 1.67 bits per heavy atom. The third kappa shape index (κ3) is 4.31. The highest BCUT2D eigenvalue weighted by Crippen LogP contribution is 2.25. The van der Waals surface area contributed by atoms with E-state index in [2.05, 4.69) is 68.6 Å². The van der Waals surface area contributed by atoms with E-state index in [-0.39, 0.29) is 0 Å². The average Bonchev–Trinajstić information content (AvgIpc) is 2.52. The topological polar surface area (TPSA) is 12.0 Å². The smallest absolute Gasteiger partial charge is 0.0300 e. The molecule has 1 heteroatoms. The molecule has 0 aliphatic rings. The number of hydrogen-bond acceptors (Lipinski definition) is 1. The second-order valence-corrected chi connectivity index (χ2v) is 6.08. The average molecular weight is 283 g/mol. The maximum absolute atomic E-state index is 3.86. The second kappa shape index (κ2) is 8.19. The molecule has 0 aliphatic heterocycles. The summed E-state index contributed by atoms with van der Waals surface area (Å²) in [5.74, 6) is 0. The van der Waals surface area contributed by atoms with E-state index >= 15 is 0 Å². The molecule has 21 heavy (non-hydrogen) atoms. The molecule has 0 radical (unpaired) electrons. The van der Waals surface area contributed by atoms with Crippen LogP contribution in [0.4, 0.5) is 0 Å². The number of rotatable bonds is 8. The zero-order valence-electron chi connectivity index (χ0n) is 13.7. The predicted octanol–water partition coefficient (Wildman–Crippen LogP) is 5.85. The number of hydrogen-bond donors (Lipinski definition) is 1. The van der Waals surface area contributed by atoms with Gasteiger partial charge in [0.2, 0.25) is 0 Å². The molecule has 0 spiro atoms. The van der Waals surface area contributed by atoms with Crippen molar-refractivity contribution in [3.63, 3.8) is 0 Å². The van der Waals surface area contributed by atoms with Gasteiger partial charge >= 0.3 is 0 Å². The van der Waals surface area contributed by atoms with E-state index < -0.39 is 0 Å². The highest BCUT2D eigenvalue weighted by molar-refractivity contribution is 5.86. The van der Waals surface area contributed by atoms with Gasteiger partial charge in [-0.15, -0.1) is 0 Å². The highest BCUT2D eigenvalue weighted by atomic mass is 14.9. The molecule has 114 valence electrons. The Morgan fingerprint density at radius 1 is 0.905 bits per heavy atom. The molecular formula is C20H29N. The van der Waals surface area contributed by atoms with Gasteiger partial charge in [-0.1, -0.05) is 75.6 Å². The number of unbranched alkanes of at least 4 members (excludes halogenated alkanes) is 1. The molecule has 0 heterocycles. The van der Waals surface area contributed by atoms with E-state index in [4.69, 9.17) is 0 Å². The Labute approximate surface area is 129 Å². The minimum atomic E-state index is 0.407. The van der Waals surface area contributed by atoms with Crippen LogP contribution in [0, 0.1) is 0 Å². The molecule has 0 amide bonds. The van der Waals surface area contributed by atoms with Crippen molar-refractivity contribution in [1.29, 1.82) is 0 Å². The molecule has 1 nitrogen and oxygen atoms in total. The van der Waals surface area contributed by atoms with Gasteiger partial charge in [-0.25, -0.2) is 0 Å². The third-order valence-electron chi connectivity index (χ3n) is 4.32. The Morgan fingerprint density at radius 3 is 2.43 bits per heavy atom. The van der Waals surface area contributed by atoms with E-state index in [1.54, 1.807) is 0 Å². The van der Waals surface area contributed by atoms with E-state index in [1.165, 1.54) is 48.4 Å². The van der Waals surface area contributed by atoms with Crippen LogP contribution >= 0.6 is 0 Å². The van der Waals surface area contributed by atoms with Crippen LogP contribution in [-0.2, 0) is 0 Å². The summed E-state index contributed by atoms with van der Waals surface area (Å²) in [6.07, 6.45) is 6.42. The van der Waals surface area contributed by atoms with Gasteiger partial charge in [-0.2, -0.15) is 0 Å². The van der Waals surface area contributed by atoms with Crippen LogP contribution in [0.5, 0.6) is 0 Å². The predicted molar refractivity (Wildman–Crippen MR) is 93.7 cm³/mol. The summed E-state index contributed by atoms with van der Waals surface area (Å²) >= 11 is 0. The molecule has 0 saturated carbocycles. The van der Waals surface area contributed by atoms with E-state index in [9.17, 15) is 0 Å². The Balaban J connectivity index is 2.15. The third-order valence-corrected chi connectivity index (χ3v) is 4.32. The van der Waals surface area contributed by atoms with E-state index in [0.29, 0.717) is 12.1 Å². The normalized spacial score (nSPS) is 14.2. The minimum absolute atomic E-state index is 0.407. The standard InChI is InChI=1S/C20H29N/c1-4-6-13-18(10-5-2)21-16(3)19-15-9-12-17-11-7-8-14-20(17)19/h7-9,11-12,14-16,18,21H,4-6,10,13H2,1-3H3. The number of benzene rings is 2. The molecule has 0 saturated heterocycles. The van der Waals surface area contributed by atoms with Crippen LogP contribution in [0.1, 0.15) is 64.5 Å². The molecule has 2 aromatic rings. The fourth-order valence-corrected chi connectivity index (χ4v) is 3.18. The minimum Gasteiger partial charge on any atom is -0.307 e. The first kappa shape index (κ1) is 16.0. The highest BCUT2D eigenvalue weighted by Gasteiger charge is 2.14. The number of nitrogens with one attached hydrogen (secondary N) is 1. The molecular weight excluding hydrogens is 254 g/mol. The summed E-state index contributed by atoms with van der Waals surface area (Å²) in [4.78, 5) is 0. The van der Waals surface area contributed by atoms with Gasteiger partial charge in [0.15, 0.2) is 0 Å². The van der Waals surface area contributed by atoms with Crippen molar-refractivity contribution in [2.45, 2.75) is 65.0 Å². The summed E-state index contributed by atoms with van der Waals surface area (Å²) in [6.45, 7) is 6.86. The zero-order valence-corrected chi connectivity index (χ0v) is 13.7. The van der Waals surface area contributed by atoms with Gasteiger partial charge < -0.3 is 5.32 Å². The fourth-order valence-electron chi connectivity index (χ4n) is 3.18. The Kier molecular flexibility index (Phi) is 6.25. The maximum Gasteiger partial charge on any atom is 0.0300 e. The lowest BCUT2D eigenvalue weighted by Gasteiger charge is -2.24. The second-order valence-electron chi connectivity index (χ2n) is 6.08. The fraction of sp³-hybridized carbons (Fsp3) is 0.500. The lowest BCUT2D eigenvalue weighted by atomic mass is 9.97. The summed E-state index contributed by atoms with van der Waals surface area (Å²) in [6, 6.07) is 16.4. The molecule has 0 bridgehead atoms. The lowest BCUT2D eigenvalue weighted by molar-refractivity contribution is 0.397. The van der Waals surface area contributed by atoms with Gasteiger partial charge in [0.1, 0.15) is 0 Å². The Hall–Kier alpha value is -1.34. The van der Waals surface area contributed by atoms with Gasteiger partial charge in [-0.3, -0.25) is 0 Å². The van der Waals surface area contributed by atoms with Crippen molar-refractivity contribution in [2.75, 3.05) is 0 Å². The van der Waals surface area contributed by atoms with Crippen molar-refractivity contribution in [3.8, 4) is 0 Å². The van der Waals surface area contributed by atoms with Crippen molar-refractivity contribution in [2.24, 2.45) is 0 Å². The Bertz CT molecular complexity index is 541. The first-order chi connectivity index (χ1) is 10.3. The summed E-state index contributed by atoms with van der Waals surface area (Å²) < 4.78 is 0. The summed E-state index contributed by atoms with van der Waals surface area (Å²) in [7, 11) is 0. The molecule has 2 atom stereocenters. The van der Waals surface area contributed by atoms with E-state index in [0.717, 1.165) is 0 Å². The first-order valence-corrected chi connectivity index (χ1v) is 8.50. The van der Waals surface area contributed by atoms with E-state index in [1.807, 2.05) is 0 Å². The van der Waals surface area contributed by atoms with Crippen molar-refractivity contribution in [3.05, 3.63) is 48.0 Å². The van der Waals surface area contributed by atoms with Crippen LogP contribution in [0.25, 0.3) is 10.8 Å². The largest absolute Gasteiger partial charge is 0.307 e. The molecule has 2 aromatic carbocycles. The van der Waals surface area contributed by atoms with Crippen LogP contribution in [-0.4, -0.2) is 6.04 Å². The van der Waals surface area contributed by atoms with Crippen molar-refractivity contribution >= 4 is 10.8 Å². The molecule has 1 N–H and O–H groups in total. The van der Waals surface area contributed by atoms with Crippen LogP contribution in [0.15, 0.2) is 42.5 Å². The SMILES string of the molecule is CCCCC(CCC)NC(C)c1cccc2ccccc12. The van der Waals surface area contributed by atoms with Gasteiger partial charge in [0.05, 0.1) is 0 Å². The van der Waals surface area contributed by atoms with Crippen LogP contribution in [0.2, 0.25) is 0 Å². The molecule has 2 rings (SSSR count). The van der Waals surface area contributed by atoms with Gasteiger partial charge in [0, 0.05) is 12.1 Å². The van der Waals surface area contributed by atoms with Gasteiger partial charge in [-0.05, 0) is 36.1 Å².